The molecule has 1 aromatic heterocycles. The Labute approximate surface area is 223 Å². The molecule has 0 aliphatic carbocycles. The molecule has 3 atom stereocenters. The van der Waals surface area contributed by atoms with Gasteiger partial charge in [0.05, 0.1) is 4.90 Å². The number of aromatic amines is 1. The van der Waals surface area contributed by atoms with Crippen LogP contribution in [0.2, 0.25) is 0 Å². The van der Waals surface area contributed by atoms with E-state index in [0.717, 1.165) is 38.7 Å². The lowest BCUT2D eigenvalue weighted by Gasteiger charge is -2.44. The van der Waals surface area contributed by atoms with Crippen LogP contribution in [0.15, 0.2) is 77.8 Å². The number of carbonyl (C=O) groups is 1. The monoisotopic (exact) mass is 531 g/mol. The highest BCUT2D eigenvalue weighted by molar-refractivity contribution is 7.91. The van der Waals surface area contributed by atoms with Gasteiger partial charge >= 0.3 is 6.09 Å². The molecule has 2 heterocycles. The summed E-state index contributed by atoms with van der Waals surface area (Å²) in [7, 11) is -3.88. The topological polar surface area (TPSA) is 103 Å². The Hall–Kier alpha value is -3.62. The van der Waals surface area contributed by atoms with Gasteiger partial charge in [0.1, 0.15) is 5.37 Å². The quantitative estimate of drug-likeness (QED) is 0.282. The van der Waals surface area contributed by atoms with Crippen LogP contribution in [0.3, 0.4) is 0 Å². The summed E-state index contributed by atoms with van der Waals surface area (Å²) in [5.41, 5.74) is 5.60. The summed E-state index contributed by atoms with van der Waals surface area (Å²) in [6.07, 6.45) is 1.77. The van der Waals surface area contributed by atoms with Gasteiger partial charge < -0.3 is 15.4 Å². The van der Waals surface area contributed by atoms with E-state index in [1.54, 1.807) is 12.1 Å². The number of nitrogens with zero attached hydrogens (tertiary/aromatic N) is 1. The highest BCUT2D eigenvalue weighted by Crippen LogP contribution is 2.45. The molecule has 0 radical (unpaired) electrons. The number of benzene rings is 3. The van der Waals surface area contributed by atoms with Crippen LogP contribution in [0.5, 0.6) is 0 Å². The van der Waals surface area contributed by atoms with Gasteiger partial charge in [-0.25, -0.2) is 13.2 Å². The van der Waals surface area contributed by atoms with Gasteiger partial charge in [-0.15, -0.1) is 0 Å². The number of nitrogens with one attached hydrogen (secondary N) is 2. The number of rotatable bonds is 6. The molecule has 8 heteroatoms. The molecule has 1 aliphatic rings. The number of hydrogen-bond donors (Lipinski definition) is 3. The Balaban J connectivity index is 1.73. The first kappa shape index (κ1) is 26.0. The van der Waals surface area contributed by atoms with Gasteiger partial charge in [0, 0.05) is 35.7 Å². The minimum Gasteiger partial charge on any atom is -0.465 e. The van der Waals surface area contributed by atoms with Crippen LogP contribution in [0.1, 0.15) is 52.1 Å². The fraction of sp³-hybridized carbons (Fsp3) is 0.300. The van der Waals surface area contributed by atoms with Gasteiger partial charge in [-0.3, -0.25) is 4.90 Å². The Morgan fingerprint density at radius 3 is 2.42 bits per heavy atom. The van der Waals surface area contributed by atoms with E-state index in [1.165, 1.54) is 0 Å². The van der Waals surface area contributed by atoms with Crippen molar-refractivity contribution >= 4 is 26.8 Å². The molecule has 3 aromatic carbocycles. The average molecular weight is 532 g/mol. The molecule has 5 rings (SSSR count). The van der Waals surface area contributed by atoms with Crippen molar-refractivity contribution in [3.63, 3.8) is 0 Å². The molecule has 1 saturated heterocycles. The first-order chi connectivity index (χ1) is 18.2. The SMILES string of the molecule is Cc1ccc(S(=O)(=O)C(c2c(C)cc(C)c3[nH]ccc23)N2CCC(NC(=O)O)CC2c2ccccc2)cc1. The maximum atomic E-state index is 14.6. The Bertz CT molecular complexity index is 1560. The average Bonchev–Trinajstić information content (AvgIpc) is 3.38. The van der Waals surface area contributed by atoms with Crippen LogP contribution in [0, 0.1) is 20.8 Å². The van der Waals surface area contributed by atoms with E-state index in [2.05, 4.69) is 15.2 Å². The lowest BCUT2D eigenvalue weighted by atomic mass is 9.90. The predicted molar refractivity (Wildman–Crippen MR) is 149 cm³/mol. The standard InChI is InChI=1S/C30H33N3O4S/c1-19-9-11-24(12-10-19)38(36,37)29(27-20(2)17-21(3)28-25(27)13-15-31-28)33-16-14-23(32-30(34)35)18-26(33)22-7-5-4-6-8-22/h4-13,15,17,23,26,29,31-32H,14,16,18H2,1-3H3,(H,34,35). The van der Waals surface area contributed by atoms with Gasteiger partial charge in [-0.05, 0) is 74.1 Å². The minimum absolute atomic E-state index is 0.273. The number of H-pyrrole nitrogens is 1. The third-order valence-corrected chi connectivity index (χ3v) is 9.66. The van der Waals surface area contributed by atoms with Crippen molar-refractivity contribution in [3.05, 3.63) is 101 Å². The van der Waals surface area contributed by atoms with E-state index >= 15 is 0 Å². The second kappa shape index (κ2) is 10.3. The fourth-order valence-corrected chi connectivity index (χ4v) is 7.87. The molecule has 3 N–H and O–H groups in total. The van der Waals surface area contributed by atoms with Crippen LogP contribution < -0.4 is 5.32 Å². The summed E-state index contributed by atoms with van der Waals surface area (Å²) in [5, 5.41) is 12.0. The number of carboxylic acid groups (broad SMARTS) is 1. The number of likely N-dealkylation sites (tertiary alicyclic amines) is 1. The highest BCUT2D eigenvalue weighted by atomic mass is 32.2. The zero-order valence-electron chi connectivity index (χ0n) is 21.8. The number of aryl methyl sites for hydroxylation is 3. The van der Waals surface area contributed by atoms with Crippen molar-refractivity contribution in [2.24, 2.45) is 0 Å². The molecule has 4 aromatic rings. The second-order valence-corrected chi connectivity index (χ2v) is 12.2. The highest BCUT2D eigenvalue weighted by Gasteiger charge is 2.43. The lowest BCUT2D eigenvalue weighted by molar-refractivity contribution is 0.106. The molecule has 7 nitrogen and oxygen atoms in total. The molecule has 3 unspecified atom stereocenters. The summed E-state index contributed by atoms with van der Waals surface area (Å²) >= 11 is 0. The zero-order valence-corrected chi connectivity index (χ0v) is 22.6. The van der Waals surface area contributed by atoms with Gasteiger partial charge in [-0.1, -0.05) is 54.1 Å². The smallest absolute Gasteiger partial charge is 0.404 e. The van der Waals surface area contributed by atoms with E-state index in [-0.39, 0.29) is 17.0 Å². The number of amides is 1. The summed E-state index contributed by atoms with van der Waals surface area (Å²) < 4.78 is 29.2. The van der Waals surface area contributed by atoms with Crippen LogP contribution in [-0.4, -0.2) is 42.1 Å². The number of piperidine rings is 1. The third kappa shape index (κ3) is 4.81. The molecule has 0 saturated carbocycles. The molecule has 0 bridgehead atoms. The van der Waals surface area contributed by atoms with Gasteiger partial charge in [0.15, 0.2) is 9.84 Å². The number of hydrogen-bond acceptors (Lipinski definition) is 4. The lowest BCUT2D eigenvalue weighted by Crippen LogP contribution is -2.48. The van der Waals surface area contributed by atoms with E-state index in [1.807, 2.05) is 81.6 Å². The fourth-order valence-electron chi connectivity index (χ4n) is 5.86. The molecular weight excluding hydrogens is 498 g/mol. The van der Waals surface area contributed by atoms with Crippen molar-refractivity contribution < 1.29 is 18.3 Å². The van der Waals surface area contributed by atoms with E-state index in [9.17, 15) is 18.3 Å². The van der Waals surface area contributed by atoms with E-state index in [0.29, 0.717) is 19.4 Å². The Morgan fingerprint density at radius 1 is 1.03 bits per heavy atom. The summed E-state index contributed by atoms with van der Waals surface area (Å²) in [6, 6.07) is 20.2. The van der Waals surface area contributed by atoms with Crippen molar-refractivity contribution in [2.75, 3.05) is 6.54 Å². The van der Waals surface area contributed by atoms with Crippen molar-refractivity contribution in [2.45, 2.75) is 56.0 Å². The number of sulfone groups is 1. The molecular formula is C30H33N3O4S. The van der Waals surface area contributed by atoms with Crippen LogP contribution >= 0.6 is 0 Å². The normalized spacial score (nSPS) is 19.3. The second-order valence-electron chi connectivity index (χ2n) is 10.2. The van der Waals surface area contributed by atoms with E-state index in [4.69, 9.17) is 0 Å². The maximum Gasteiger partial charge on any atom is 0.404 e. The van der Waals surface area contributed by atoms with Crippen LogP contribution in [-0.2, 0) is 9.84 Å². The zero-order chi connectivity index (χ0) is 27.0. The first-order valence-corrected chi connectivity index (χ1v) is 14.4. The minimum atomic E-state index is -3.88. The van der Waals surface area contributed by atoms with Gasteiger partial charge in [0.25, 0.3) is 0 Å². The largest absolute Gasteiger partial charge is 0.465 e. The van der Waals surface area contributed by atoms with Crippen molar-refractivity contribution in [1.29, 1.82) is 0 Å². The summed E-state index contributed by atoms with van der Waals surface area (Å²) in [6.45, 7) is 6.35. The van der Waals surface area contributed by atoms with Crippen molar-refractivity contribution in [1.82, 2.24) is 15.2 Å². The van der Waals surface area contributed by atoms with E-state index < -0.39 is 21.3 Å². The number of fused-ring (bicyclic) bond motifs is 1. The Morgan fingerprint density at radius 2 is 1.74 bits per heavy atom. The molecule has 1 aliphatic heterocycles. The maximum absolute atomic E-state index is 14.6. The van der Waals surface area contributed by atoms with Gasteiger partial charge in [0.2, 0.25) is 0 Å². The van der Waals surface area contributed by atoms with Crippen molar-refractivity contribution in [3.8, 4) is 0 Å². The number of aromatic nitrogens is 1. The van der Waals surface area contributed by atoms with Crippen LogP contribution in [0.25, 0.3) is 10.9 Å². The third-order valence-electron chi connectivity index (χ3n) is 7.64. The summed E-state index contributed by atoms with van der Waals surface area (Å²) in [5.74, 6) is 0. The Kier molecular flexibility index (Phi) is 7.03. The predicted octanol–water partition coefficient (Wildman–Crippen LogP) is 6.04. The molecule has 38 heavy (non-hydrogen) atoms. The molecule has 198 valence electrons. The molecule has 1 fully saturated rings. The molecule has 1 amide bonds. The van der Waals surface area contributed by atoms with Gasteiger partial charge in [-0.2, -0.15) is 0 Å². The van der Waals surface area contributed by atoms with Crippen LogP contribution in [0.4, 0.5) is 4.79 Å². The molecule has 0 spiro atoms. The first-order valence-electron chi connectivity index (χ1n) is 12.8. The summed E-state index contributed by atoms with van der Waals surface area (Å²) in [4.78, 5) is 17.1.